The lowest BCUT2D eigenvalue weighted by Crippen LogP contribution is -2.35. The van der Waals surface area contributed by atoms with E-state index in [0.717, 1.165) is 43.2 Å². The first-order chi connectivity index (χ1) is 8.65. The van der Waals surface area contributed by atoms with Crippen molar-refractivity contribution in [2.75, 3.05) is 18.0 Å². The van der Waals surface area contributed by atoms with E-state index in [1.54, 1.807) is 0 Å². The van der Waals surface area contributed by atoms with E-state index in [2.05, 4.69) is 14.3 Å². The van der Waals surface area contributed by atoms with Crippen LogP contribution in [0.4, 0.5) is 5.13 Å². The lowest BCUT2D eigenvalue weighted by molar-refractivity contribution is -0.149. The summed E-state index contributed by atoms with van der Waals surface area (Å²) in [6, 6.07) is 0. The Labute approximate surface area is 110 Å². The number of carboxylic acid groups (broad SMARTS) is 1. The largest absolute Gasteiger partial charge is 0.481 e. The quantitative estimate of drug-likeness (QED) is 0.904. The molecule has 0 spiro atoms. The maximum absolute atomic E-state index is 11.6. The standard InChI is InChI=1S/C12H17N3O2S/c1-2-9-13-11(18-14-9)15-6-8-4-3-5-12(8,7-15)10(16)17/h8H,2-7H2,1H3,(H,16,17)/t8-,12+/m0/s1. The number of carbonyl (C=O) groups is 1. The number of carboxylic acids is 1. The summed E-state index contributed by atoms with van der Waals surface area (Å²) in [7, 11) is 0. The number of aromatic nitrogens is 2. The third-order valence-electron chi connectivity index (χ3n) is 4.34. The van der Waals surface area contributed by atoms with E-state index in [4.69, 9.17) is 0 Å². The van der Waals surface area contributed by atoms with Crippen LogP contribution in [0.1, 0.15) is 32.0 Å². The second kappa shape index (κ2) is 4.19. The van der Waals surface area contributed by atoms with Gasteiger partial charge in [0.05, 0.1) is 5.41 Å². The Balaban J connectivity index is 1.84. The zero-order chi connectivity index (χ0) is 12.8. The lowest BCUT2D eigenvalue weighted by atomic mass is 9.81. The van der Waals surface area contributed by atoms with Crippen LogP contribution in [0.25, 0.3) is 0 Å². The van der Waals surface area contributed by atoms with Crippen LogP contribution in [-0.2, 0) is 11.2 Å². The van der Waals surface area contributed by atoms with Crippen molar-refractivity contribution in [1.82, 2.24) is 9.36 Å². The maximum atomic E-state index is 11.6. The Morgan fingerprint density at radius 3 is 3.11 bits per heavy atom. The molecule has 2 fully saturated rings. The Hall–Kier alpha value is -1.17. The van der Waals surface area contributed by atoms with Gasteiger partial charge in [0.15, 0.2) is 0 Å². The Morgan fingerprint density at radius 1 is 1.67 bits per heavy atom. The molecule has 1 saturated heterocycles. The zero-order valence-corrected chi connectivity index (χ0v) is 11.2. The number of aliphatic carboxylic acids is 1. The summed E-state index contributed by atoms with van der Waals surface area (Å²) in [6.45, 7) is 3.46. The molecular formula is C12H17N3O2S. The molecule has 1 aromatic rings. The van der Waals surface area contributed by atoms with Gasteiger partial charge in [-0.15, -0.1) is 0 Å². The Kier molecular flexibility index (Phi) is 2.77. The second-order valence-electron chi connectivity index (χ2n) is 5.28. The van der Waals surface area contributed by atoms with Crippen LogP contribution >= 0.6 is 11.5 Å². The van der Waals surface area contributed by atoms with Crippen molar-refractivity contribution in [2.24, 2.45) is 11.3 Å². The van der Waals surface area contributed by atoms with Crippen LogP contribution < -0.4 is 4.90 Å². The van der Waals surface area contributed by atoms with E-state index < -0.39 is 11.4 Å². The fourth-order valence-electron chi connectivity index (χ4n) is 3.30. The minimum atomic E-state index is -0.632. The molecule has 1 aliphatic carbocycles. The molecule has 2 aliphatic rings. The van der Waals surface area contributed by atoms with Crippen molar-refractivity contribution in [1.29, 1.82) is 0 Å². The summed E-state index contributed by atoms with van der Waals surface area (Å²) in [4.78, 5) is 18.2. The molecule has 1 saturated carbocycles. The third-order valence-corrected chi connectivity index (χ3v) is 5.16. The van der Waals surface area contributed by atoms with Gasteiger partial charge in [0.2, 0.25) is 5.13 Å². The molecule has 0 bridgehead atoms. The van der Waals surface area contributed by atoms with Gasteiger partial charge in [0, 0.05) is 31.0 Å². The van der Waals surface area contributed by atoms with Crippen molar-refractivity contribution in [3.63, 3.8) is 0 Å². The summed E-state index contributed by atoms with van der Waals surface area (Å²) in [5.41, 5.74) is -0.530. The van der Waals surface area contributed by atoms with E-state index in [1.165, 1.54) is 11.5 Å². The average molecular weight is 267 g/mol. The van der Waals surface area contributed by atoms with Gasteiger partial charge >= 0.3 is 5.97 Å². The first-order valence-corrected chi connectivity index (χ1v) is 7.24. The highest BCUT2D eigenvalue weighted by molar-refractivity contribution is 7.09. The molecular weight excluding hydrogens is 250 g/mol. The monoisotopic (exact) mass is 267 g/mol. The van der Waals surface area contributed by atoms with Gasteiger partial charge in [0.25, 0.3) is 0 Å². The van der Waals surface area contributed by atoms with Gasteiger partial charge in [-0.05, 0) is 18.8 Å². The van der Waals surface area contributed by atoms with E-state index in [1.807, 2.05) is 6.92 Å². The van der Waals surface area contributed by atoms with Crippen LogP contribution in [0.15, 0.2) is 0 Å². The van der Waals surface area contributed by atoms with Crippen molar-refractivity contribution >= 4 is 22.6 Å². The normalized spacial score (nSPS) is 30.7. The molecule has 1 aromatic heterocycles. The highest BCUT2D eigenvalue weighted by Crippen LogP contribution is 2.49. The summed E-state index contributed by atoms with van der Waals surface area (Å²) >= 11 is 1.39. The Morgan fingerprint density at radius 2 is 2.50 bits per heavy atom. The smallest absolute Gasteiger partial charge is 0.311 e. The van der Waals surface area contributed by atoms with E-state index >= 15 is 0 Å². The summed E-state index contributed by atoms with van der Waals surface area (Å²) in [5, 5.41) is 10.4. The van der Waals surface area contributed by atoms with Crippen molar-refractivity contribution in [2.45, 2.75) is 32.6 Å². The van der Waals surface area contributed by atoms with Crippen molar-refractivity contribution in [3.05, 3.63) is 5.82 Å². The van der Waals surface area contributed by atoms with Gasteiger partial charge in [-0.2, -0.15) is 4.37 Å². The van der Waals surface area contributed by atoms with Crippen LogP contribution in [0.3, 0.4) is 0 Å². The first kappa shape index (κ1) is 11.9. The third kappa shape index (κ3) is 1.62. The minimum Gasteiger partial charge on any atom is -0.481 e. The number of rotatable bonds is 3. The van der Waals surface area contributed by atoms with Crippen molar-refractivity contribution in [3.8, 4) is 0 Å². The molecule has 2 atom stereocenters. The fraction of sp³-hybridized carbons (Fsp3) is 0.750. The molecule has 18 heavy (non-hydrogen) atoms. The maximum Gasteiger partial charge on any atom is 0.311 e. The number of aryl methyl sites for hydroxylation is 1. The predicted molar refractivity (Wildman–Crippen MR) is 68.9 cm³/mol. The molecule has 0 unspecified atom stereocenters. The highest BCUT2D eigenvalue weighted by atomic mass is 32.1. The molecule has 0 radical (unpaired) electrons. The molecule has 98 valence electrons. The topological polar surface area (TPSA) is 66.3 Å². The van der Waals surface area contributed by atoms with Crippen LogP contribution in [0.2, 0.25) is 0 Å². The molecule has 1 N–H and O–H groups in total. The van der Waals surface area contributed by atoms with Gasteiger partial charge in [-0.3, -0.25) is 4.79 Å². The minimum absolute atomic E-state index is 0.281. The van der Waals surface area contributed by atoms with Gasteiger partial charge < -0.3 is 10.0 Å². The number of hydrogen-bond acceptors (Lipinski definition) is 5. The van der Waals surface area contributed by atoms with Crippen LogP contribution in [0.5, 0.6) is 0 Å². The summed E-state index contributed by atoms with van der Waals surface area (Å²) in [5.74, 6) is 0.508. The molecule has 0 aromatic carbocycles. The van der Waals surface area contributed by atoms with E-state index in [0.29, 0.717) is 6.54 Å². The summed E-state index contributed by atoms with van der Waals surface area (Å²) in [6.07, 6.45) is 3.71. The molecule has 0 amide bonds. The van der Waals surface area contributed by atoms with E-state index in [-0.39, 0.29) is 5.92 Å². The SMILES string of the molecule is CCc1nsc(N2C[C@@H]3CCC[C@@]3(C(=O)O)C2)n1. The molecule has 6 heteroatoms. The molecule has 1 aliphatic heterocycles. The number of hydrogen-bond donors (Lipinski definition) is 1. The average Bonchev–Trinajstić information content (AvgIpc) is 3.01. The lowest BCUT2D eigenvalue weighted by Gasteiger charge is -2.22. The molecule has 2 heterocycles. The predicted octanol–water partition coefficient (Wildman–Crippen LogP) is 1.79. The molecule has 5 nitrogen and oxygen atoms in total. The molecule has 3 rings (SSSR count). The second-order valence-corrected chi connectivity index (χ2v) is 6.01. The number of anilines is 1. The zero-order valence-electron chi connectivity index (χ0n) is 10.4. The van der Waals surface area contributed by atoms with Crippen LogP contribution in [0, 0.1) is 11.3 Å². The highest BCUT2D eigenvalue weighted by Gasteiger charge is 2.55. The van der Waals surface area contributed by atoms with Crippen molar-refractivity contribution < 1.29 is 9.90 Å². The van der Waals surface area contributed by atoms with Gasteiger partial charge in [0.1, 0.15) is 5.82 Å². The number of nitrogens with zero attached hydrogens (tertiary/aromatic N) is 3. The van der Waals surface area contributed by atoms with E-state index in [9.17, 15) is 9.90 Å². The Bertz CT molecular complexity index is 476. The first-order valence-electron chi connectivity index (χ1n) is 6.46. The number of fused-ring (bicyclic) bond motifs is 1. The fourth-order valence-corrected chi connectivity index (χ4v) is 4.06. The summed E-state index contributed by atoms with van der Waals surface area (Å²) < 4.78 is 4.28. The van der Waals surface area contributed by atoms with Crippen LogP contribution in [-0.4, -0.2) is 33.5 Å². The van der Waals surface area contributed by atoms with Gasteiger partial charge in [-0.25, -0.2) is 4.98 Å². The van der Waals surface area contributed by atoms with Gasteiger partial charge in [-0.1, -0.05) is 13.3 Å².